The van der Waals surface area contributed by atoms with Crippen LogP contribution in [0.2, 0.25) is 0 Å². The first kappa shape index (κ1) is 14.7. The molecule has 1 aliphatic rings. The summed E-state index contributed by atoms with van der Waals surface area (Å²) < 4.78 is 13.2. The molecule has 0 saturated carbocycles. The molecule has 2 heterocycles. The Bertz CT molecular complexity index is 662. The van der Waals surface area contributed by atoms with Crippen molar-refractivity contribution in [1.82, 2.24) is 9.88 Å². The average Bonchev–Trinajstić information content (AvgIpc) is 2.99. The van der Waals surface area contributed by atoms with E-state index in [9.17, 15) is 9.18 Å². The smallest absolute Gasteiger partial charge is 0.255 e. The number of halogens is 1. The van der Waals surface area contributed by atoms with E-state index < -0.39 is 5.82 Å². The Labute approximate surface area is 128 Å². The highest BCUT2D eigenvalue weighted by atomic mass is 19.1. The van der Waals surface area contributed by atoms with Gasteiger partial charge in [-0.25, -0.2) is 4.39 Å². The number of carbonyl (C=O) groups excluding carboxylic acids is 1. The zero-order valence-electron chi connectivity index (χ0n) is 12.2. The van der Waals surface area contributed by atoms with Crippen LogP contribution in [0.4, 0.5) is 4.39 Å². The van der Waals surface area contributed by atoms with Gasteiger partial charge in [0.25, 0.3) is 5.91 Å². The van der Waals surface area contributed by atoms with Gasteiger partial charge in [-0.05, 0) is 24.1 Å². The Balaban J connectivity index is 1.81. The third kappa shape index (κ3) is 2.85. The summed E-state index contributed by atoms with van der Waals surface area (Å²) in [6, 6.07) is 11.3. The standard InChI is InChI=1S/C17H18FN3O/c18-15-6-13(8-20-9-15)17(22)21-10-14(7-19)16(11-21)12-4-2-1-3-5-12/h1-6,8-9,14,16H,7,10-11,19H2/t14-,16+/m1/s1. The predicted octanol–water partition coefficient (Wildman–Crippen LogP) is 2.04. The molecule has 0 radical (unpaired) electrons. The Morgan fingerprint density at radius 3 is 2.73 bits per heavy atom. The van der Waals surface area contributed by atoms with Crippen LogP contribution in [-0.4, -0.2) is 35.4 Å². The van der Waals surface area contributed by atoms with E-state index in [1.807, 2.05) is 18.2 Å². The van der Waals surface area contributed by atoms with Crippen LogP contribution in [0.5, 0.6) is 0 Å². The third-order valence-corrected chi connectivity index (χ3v) is 4.21. The van der Waals surface area contributed by atoms with Gasteiger partial charge in [-0.15, -0.1) is 0 Å². The molecule has 1 saturated heterocycles. The lowest BCUT2D eigenvalue weighted by Gasteiger charge is -2.16. The number of pyridine rings is 1. The van der Waals surface area contributed by atoms with Gasteiger partial charge in [0.2, 0.25) is 0 Å². The van der Waals surface area contributed by atoms with Crippen molar-refractivity contribution < 1.29 is 9.18 Å². The molecule has 3 rings (SSSR count). The van der Waals surface area contributed by atoms with Gasteiger partial charge in [-0.3, -0.25) is 9.78 Å². The van der Waals surface area contributed by atoms with Crippen LogP contribution in [0.15, 0.2) is 48.8 Å². The summed E-state index contributed by atoms with van der Waals surface area (Å²) in [5, 5.41) is 0. The van der Waals surface area contributed by atoms with Crippen molar-refractivity contribution in [3.8, 4) is 0 Å². The van der Waals surface area contributed by atoms with E-state index >= 15 is 0 Å². The summed E-state index contributed by atoms with van der Waals surface area (Å²) in [6.07, 6.45) is 2.49. The number of nitrogens with two attached hydrogens (primary N) is 1. The fourth-order valence-electron chi connectivity index (χ4n) is 3.07. The molecule has 0 unspecified atom stereocenters. The summed E-state index contributed by atoms with van der Waals surface area (Å²) in [5.41, 5.74) is 7.34. The second kappa shape index (κ2) is 6.23. The first-order valence-electron chi connectivity index (χ1n) is 7.34. The van der Waals surface area contributed by atoms with E-state index in [1.165, 1.54) is 17.8 Å². The van der Waals surface area contributed by atoms with Crippen LogP contribution in [0.1, 0.15) is 21.8 Å². The molecule has 22 heavy (non-hydrogen) atoms. The molecule has 114 valence electrons. The lowest BCUT2D eigenvalue weighted by Crippen LogP contribution is -2.30. The molecule has 2 atom stereocenters. The minimum absolute atomic E-state index is 0.191. The quantitative estimate of drug-likeness (QED) is 0.943. The molecule has 2 aromatic rings. The van der Waals surface area contributed by atoms with Crippen molar-refractivity contribution >= 4 is 5.91 Å². The largest absolute Gasteiger partial charge is 0.338 e. The van der Waals surface area contributed by atoms with Gasteiger partial charge < -0.3 is 10.6 Å². The van der Waals surface area contributed by atoms with Crippen LogP contribution < -0.4 is 5.73 Å². The minimum Gasteiger partial charge on any atom is -0.338 e. The second-order valence-electron chi connectivity index (χ2n) is 5.61. The molecule has 0 spiro atoms. The minimum atomic E-state index is -0.500. The number of rotatable bonds is 3. The fraction of sp³-hybridized carbons (Fsp3) is 0.294. The lowest BCUT2D eigenvalue weighted by atomic mass is 9.89. The molecular weight excluding hydrogens is 281 g/mol. The van der Waals surface area contributed by atoms with Crippen LogP contribution in [-0.2, 0) is 0 Å². The molecule has 5 heteroatoms. The van der Waals surface area contributed by atoms with E-state index in [-0.39, 0.29) is 23.3 Å². The number of benzene rings is 1. The van der Waals surface area contributed by atoms with Crippen LogP contribution in [0.25, 0.3) is 0 Å². The van der Waals surface area contributed by atoms with E-state index in [0.29, 0.717) is 19.6 Å². The van der Waals surface area contributed by atoms with Crippen LogP contribution in [0, 0.1) is 11.7 Å². The van der Waals surface area contributed by atoms with Gasteiger partial charge in [0, 0.05) is 25.2 Å². The predicted molar refractivity (Wildman–Crippen MR) is 81.8 cm³/mol. The maximum atomic E-state index is 13.2. The highest BCUT2D eigenvalue weighted by molar-refractivity contribution is 5.94. The van der Waals surface area contributed by atoms with Crippen LogP contribution >= 0.6 is 0 Å². The highest BCUT2D eigenvalue weighted by Gasteiger charge is 2.35. The fourth-order valence-corrected chi connectivity index (χ4v) is 3.07. The van der Waals surface area contributed by atoms with Gasteiger partial charge >= 0.3 is 0 Å². The van der Waals surface area contributed by atoms with E-state index in [1.54, 1.807) is 4.90 Å². The van der Waals surface area contributed by atoms with E-state index in [0.717, 1.165) is 6.20 Å². The van der Waals surface area contributed by atoms with Crippen molar-refractivity contribution in [2.24, 2.45) is 11.7 Å². The summed E-state index contributed by atoms with van der Waals surface area (Å²) >= 11 is 0. The number of likely N-dealkylation sites (tertiary alicyclic amines) is 1. The number of carbonyl (C=O) groups is 1. The molecular formula is C17H18FN3O. The lowest BCUT2D eigenvalue weighted by molar-refractivity contribution is 0.0785. The summed E-state index contributed by atoms with van der Waals surface area (Å²) in [7, 11) is 0. The Kier molecular flexibility index (Phi) is 4.15. The topological polar surface area (TPSA) is 59.2 Å². The van der Waals surface area contributed by atoms with Crippen molar-refractivity contribution in [1.29, 1.82) is 0 Å². The van der Waals surface area contributed by atoms with Crippen LogP contribution in [0.3, 0.4) is 0 Å². The van der Waals surface area contributed by atoms with Crippen molar-refractivity contribution in [2.75, 3.05) is 19.6 Å². The molecule has 0 aliphatic carbocycles. The monoisotopic (exact) mass is 299 g/mol. The van der Waals surface area contributed by atoms with Gasteiger partial charge in [-0.1, -0.05) is 30.3 Å². The van der Waals surface area contributed by atoms with E-state index in [4.69, 9.17) is 5.73 Å². The zero-order chi connectivity index (χ0) is 15.5. The third-order valence-electron chi connectivity index (χ3n) is 4.21. The van der Waals surface area contributed by atoms with Crippen molar-refractivity contribution in [3.63, 3.8) is 0 Å². The molecule has 1 amide bonds. The zero-order valence-corrected chi connectivity index (χ0v) is 12.2. The normalized spacial score (nSPS) is 21.1. The van der Waals surface area contributed by atoms with Crippen molar-refractivity contribution in [3.05, 3.63) is 65.7 Å². The number of hydrogen-bond acceptors (Lipinski definition) is 3. The number of hydrogen-bond donors (Lipinski definition) is 1. The summed E-state index contributed by atoms with van der Waals surface area (Å²) in [6.45, 7) is 1.71. The second-order valence-corrected chi connectivity index (χ2v) is 5.61. The van der Waals surface area contributed by atoms with Gasteiger partial charge in [0.1, 0.15) is 5.82 Å². The first-order chi connectivity index (χ1) is 10.7. The van der Waals surface area contributed by atoms with Gasteiger partial charge in [0.15, 0.2) is 0 Å². The Morgan fingerprint density at radius 2 is 2.05 bits per heavy atom. The van der Waals surface area contributed by atoms with E-state index in [2.05, 4.69) is 17.1 Å². The number of nitrogens with zero attached hydrogens (tertiary/aromatic N) is 2. The maximum Gasteiger partial charge on any atom is 0.255 e. The Morgan fingerprint density at radius 1 is 1.27 bits per heavy atom. The Hall–Kier alpha value is -2.27. The number of aromatic nitrogens is 1. The summed E-state index contributed by atoms with van der Waals surface area (Å²) in [5.74, 6) is -0.256. The van der Waals surface area contributed by atoms with Gasteiger partial charge in [-0.2, -0.15) is 0 Å². The number of amides is 1. The molecule has 1 aromatic carbocycles. The van der Waals surface area contributed by atoms with Gasteiger partial charge in [0.05, 0.1) is 11.8 Å². The first-order valence-corrected chi connectivity index (χ1v) is 7.34. The molecule has 1 fully saturated rings. The molecule has 2 N–H and O–H groups in total. The maximum absolute atomic E-state index is 13.2. The molecule has 0 bridgehead atoms. The molecule has 4 nitrogen and oxygen atoms in total. The molecule has 1 aliphatic heterocycles. The summed E-state index contributed by atoms with van der Waals surface area (Å²) in [4.78, 5) is 18.0. The average molecular weight is 299 g/mol. The highest BCUT2D eigenvalue weighted by Crippen LogP contribution is 2.32. The van der Waals surface area contributed by atoms with Crippen molar-refractivity contribution in [2.45, 2.75) is 5.92 Å². The SMILES string of the molecule is NC[C@@H]1CN(C(=O)c2cncc(F)c2)C[C@H]1c1ccccc1. The molecule has 1 aromatic heterocycles.